The maximum absolute atomic E-state index is 12.6. The molecule has 18 heavy (non-hydrogen) atoms. The van der Waals surface area contributed by atoms with Crippen LogP contribution in [0.25, 0.3) is 0 Å². The third kappa shape index (κ3) is 2.71. The minimum absolute atomic E-state index is 0.193. The van der Waals surface area contributed by atoms with Crippen LogP contribution in [-0.4, -0.2) is 28.9 Å². The Hall–Kier alpha value is -0.570. The predicted octanol–water partition coefficient (Wildman–Crippen LogP) is 2.69. The molecule has 2 atom stereocenters. The lowest BCUT2D eigenvalue weighted by atomic mass is 9.92. The number of nitrogens with zero attached hydrogens (tertiary/aromatic N) is 1. The molecule has 2 rings (SSSR count). The molecule has 2 N–H and O–H groups in total. The molecule has 3 nitrogen and oxygen atoms in total. The van der Waals surface area contributed by atoms with Crippen molar-refractivity contribution in [3.05, 3.63) is 0 Å². The van der Waals surface area contributed by atoms with Crippen LogP contribution in [0.4, 0.5) is 0 Å². The Bertz CT molecular complexity index is 295. The first-order valence-corrected chi connectivity index (χ1v) is 7.66. The van der Waals surface area contributed by atoms with Crippen LogP contribution in [-0.2, 0) is 4.79 Å². The average Bonchev–Trinajstić information content (AvgIpc) is 2.98. The summed E-state index contributed by atoms with van der Waals surface area (Å²) in [4.78, 5) is 14.7. The van der Waals surface area contributed by atoms with Gasteiger partial charge in [0.1, 0.15) is 0 Å². The maximum Gasteiger partial charge on any atom is 0.242 e. The molecule has 0 bridgehead atoms. The van der Waals surface area contributed by atoms with E-state index in [1.807, 2.05) is 6.92 Å². The summed E-state index contributed by atoms with van der Waals surface area (Å²) in [5.41, 5.74) is 5.56. The number of hydrogen-bond donors (Lipinski definition) is 1. The number of likely N-dealkylation sites (tertiary alicyclic amines) is 1. The Morgan fingerprint density at radius 3 is 2.56 bits per heavy atom. The normalized spacial score (nSPS) is 28.6. The molecule has 2 fully saturated rings. The van der Waals surface area contributed by atoms with E-state index in [-0.39, 0.29) is 5.91 Å². The van der Waals surface area contributed by atoms with E-state index >= 15 is 0 Å². The molecule has 1 aliphatic carbocycles. The molecule has 1 aliphatic heterocycles. The van der Waals surface area contributed by atoms with Gasteiger partial charge in [-0.1, -0.05) is 26.2 Å². The SMILES string of the molecule is CCCC(C)(N)C(=O)N1CCCC1C1CCCC1. The van der Waals surface area contributed by atoms with E-state index in [2.05, 4.69) is 11.8 Å². The molecular formula is C15H28N2O. The van der Waals surface area contributed by atoms with Gasteiger partial charge in [0.05, 0.1) is 5.54 Å². The highest BCUT2D eigenvalue weighted by Gasteiger charge is 2.41. The summed E-state index contributed by atoms with van der Waals surface area (Å²) in [5, 5.41) is 0. The summed E-state index contributed by atoms with van der Waals surface area (Å²) in [7, 11) is 0. The van der Waals surface area contributed by atoms with Crippen molar-refractivity contribution in [3.8, 4) is 0 Å². The summed E-state index contributed by atoms with van der Waals surface area (Å²) in [6.07, 6.45) is 9.43. The van der Waals surface area contributed by atoms with Crippen molar-refractivity contribution < 1.29 is 4.79 Å². The Morgan fingerprint density at radius 1 is 1.28 bits per heavy atom. The minimum Gasteiger partial charge on any atom is -0.338 e. The summed E-state index contributed by atoms with van der Waals surface area (Å²) in [5.74, 6) is 0.938. The fourth-order valence-electron chi connectivity index (χ4n) is 3.83. The Kier molecular flexibility index (Phi) is 4.31. The van der Waals surface area contributed by atoms with E-state index in [9.17, 15) is 4.79 Å². The first kappa shape index (κ1) is 13.9. The number of carbonyl (C=O) groups is 1. The summed E-state index contributed by atoms with van der Waals surface area (Å²) < 4.78 is 0. The predicted molar refractivity (Wildman–Crippen MR) is 74.2 cm³/mol. The van der Waals surface area contributed by atoms with E-state index in [0.29, 0.717) is 6.04 Å². The van der Waals surface area contributed by atoms with Gasteiger partial charge in [0.25, 0.3) is 0 Å². The van der Waals surface area contributed by atoms with Gasteiger partial charge in [-0.25, -0.2) is 0 Å². The van der Waals surface area contributed by atoms with Crippen molar-refractivity contribution >= 4 is 5.91 Å². The molecule has 3 heteroatoms. The molecular weight excluding hydrogens is 224 g/mol. The molecule has 0 radical (unpaired) electrons. The zero-order valence-electron chi connectivity index (χ0n) is 12.0. The van der Waals surface area contributed by atoms with Gasteiger partial charge in [-0.2, -0.15) is 0 Å². The van der Waals surface area contributed by atoms with Gasteiger partial charge in [-0.15, -0.1) is 0 Å². The Labute approximate surface area is 111 Å². The van der Waals surface area contributed by atoms with Crippen LogP contribution in [0.5, 0.6) is 0 Å². The first-order valence-electron chi connectivity index (χ1n) is 7.66. The third-order valence-electron chi connectivity index (χ3n) is 4.76. The number of carbonyl (C=O) groups excluding carboxylic acids is 1. The second-order valence-electron chi connectivity index (χ2n) is 6.42. The van der Waals surface area contributed by atoms with E-state index in [0.717, 1.165) is 31.7 Å². The monoisotopic (exact) mass is 252 g/mol. The van der Waals surface area contributed by atoms with E-state index in [4.69, 9.17) is 5.73 Å². The summed E-state index contributed by atoms with van der Waals surface area (Å²) >= 11 is 0. The van der Waals surface area contributed by atoms with Gasteiger partial charge in [0.15, 0.2) is 0 Å². The second kappa shape index (κ2) is 5.60. The van der Waals surface area contributed by atoms with Gasteiger partial charge in [-0.05, 0) is 44.9 Å². The largest absolute Gasteiger partial charge is 0.338 e. The molecule has 0 aromatic rings. The zero-order chi connectivity index (χ0) is 13.2. The van der Waals surface area contributed by atoms with Crippen molar-refractivity contribution in [2.75, 3.05) is 6.54 Å². The van der Waals surface area contributed by atoms with Crippen molar-refractivity contribution in [2.24, 2.45) is 11.7 Å². The molecule has 2 unspecified atom stereocenters. The number of hydrogen-bond acceptors (Lipinski definition) is 2. The number of amides is 1. The number of rotatable bonds is 4. The third-order valence-corrected chi connectivity index (χ3v) is 4.76. The van der Waals surface area contributed by atoms with Crippen LogP contribution >= 0.6 is 0 Å². The molecule has 0 spiro atoms. The van der Waals surface area contributed by atoms with Gasteiger partial charge in [-0.3, -0.25) is 4.79 Å². The van der Waals surface area contributed by atoms with Crippen molar-refractivity contribution in [3.63, 3.8) is 0 Å². The van der Waals surface area contributed by atoms with Crippen LogP contribution < -0.4 is 5.73 Å². The van der Waals surface area contributed by atoms with Crippen molar-refractivity contribution in [1.29, 1.82) is 0 Å². The fourth-order valence-corrected chi connectivity index (χ4v) is 3.83. The van der Waals surface area contributed by atoms with Gasteiger partial charge >= 0.3 is 0 Å². The number of nitrogens with two attached hydrogens (primary N) is 1. The molecule has 0 aromatic carbocycles. The van der Waals surface area contributed by atoms with E-state index in [1.165, 1.54) is 32.1 Å². The lowest BCUT2D eigenvalue weighted by Crippen LogP contribution is -2.55. The van der Waals surface area contributed by atoms with Crippen molar-refractivity contribution in [2.45, 2.75) is 76.8 Å². The Balaban J connectivity index is 2.04. The highest BCUT2D eigenvalue weighted by atomic mass is 16.2. The standard InChI is InChI=1S/C15H28N2O/c1-3-10-15(2,16)14(18)17-11-6-9-13(17)12-7-4-5-8-12/h12-13H,3-11,16H2,1-2H3. The van der Waals surface area contributed by atoms with Crippen LogP contribution in [0.3, 0.4) is 0 Å². The van der Waals surface area contributed by atoms with Gasteiger partial charge in [0, 0.05) is 12.6 Å². The summed E-state index contributed by atoms with van der Waals surface area (Å²) in [6, 6.07) is 0.486. The van der Waals surface area contributed by atoms with E-state index < -0.39 is 5.54 Å². The smallest absolute Gasteiger partial charge is 0.242 e. The lowest BCUT2D eigenvalue weighted by Gasteiger charge is -2.35. The summed E-state index contributed by atoms with van der Waals surface area (Å²) in [6.45, 7) is 4.93. The average molecular weight is 252 g/mol. The molecule has 1 amide bonds. The molecule has 2 aliphatic rings. The Morgan fingerprint density at radius 2 is 1.94 bits per heavy atom. The second-order valence-corrected chi connectivity index (χ2v) is 6.42. The molecule has 0 aromatic heterocycles. The highest BCUT2D eigenvalue weighted by molar-refractivity contribution is 5.86. The molecule has 1 saturated heterocycles. The highest BCUT2D eigenvalue weighted by Crippen LogP contribution is 2.36. The van der Waals surface area contributed by atoms with E-state index in [1.54, 1.807) is 0 Å². The minimum atomic E-state index is -0.657. The van der Waals surface area contributed by atoms with Crippen LogP contribution in [0, 0.1) is 5.92 Å². The molecule has 104 valence electrons. The van der Waals surface area contributed by atoms with Crippen LogP contribution in [0.2, 0.25) is 0 Å². The quantitative estimate of drug-likeness (QED) is 0.836. The van der Waals surface area contributed by atoms with Gasteiger partial charge in [0.2, 0.25) is 5.91 Å². The zero-order valence-corrected chi connectivity index (χ0v) is 12.0. The van der Waals surface area contributed by atoms with Crippen LogP contribution in [0.1, 0.15) is 65.2 Å². The fraction of sp³-hybridized carbons (Fsp3) is 0.933. The molecule has 1 saturated carbocycles. The van der Waals surface area contributed by atoms with Crippen molar-refractivity contribution in [1.82, 2.24) is 4.90 Å². The van der Waals surface area contributed by atoms with Gasteiger partial charge < -0.3 is 10.6 Å². The first-order chi connectivity index (χ1) is 8.56. The molecule has 1 heterocycles. The van der Waals surface area contributed by atoms with Crippen LogP contribution in [0.15, 0.2) is 0 Å². The maximum atomic E-state index is 12.6. The topological polar surface area (TPSA) is 46.3 Å². The lowest BCUT2D eigenvalue weighted by molar-refractivity contribution is -0.138.